The van der Waals surface area contributed by atoms with E-state index in [1.54, 1.807) is 0 Å². The summed E-state index contributed by atoms with van der Waals surface area (Å²) in [5.74, 6) is 0.102. The topological polar surface area (TPSA) is 84.3 Å². The third-order valence-electron chi connectivity index (χ3n) is 3.35. The Morgan fingerprint density at radius 1 is 1.50 bits per heavy atom. The van der Waals surface area contributed by atoms with E-state index >= 15 is 0 Å². The molecule has 2 unspecified atom stereocenters. The number of nitrogens with one attached hydrogen (secondary N) is 1. The van der Waals surface area contributed by atoms with Crippen LogP contribution in [0.1, 0.15) is 43.6 Å². The predicted molar refractivity (Wildman–Crippen MR) is 74.8 cm³/mol. The maximum absolute atomic E-state index is 10.7. The van der Waals surface area contributed by atoms with Crippen molar-refractivity contribution in [3.63, 3.8) is 0 Å². The van der Waals surface area contributed by atoms with Crippen molar-refractivity contribution in [3.8, 4) is 0 Å². The van der Waals surface area contributed by atoms with Crippen molar-refractivity contribution in [2.24, 2.45) is 5.92 Å². The van der Waals surface area contributed by atoms with Crippen molar-refractivity contribution in [3.05, 3.63) is 18.1 Å². The van der Waals surface area contributed by atoms with Crippen molar-refractivity contribution in [2.45, 2.75) is 45.3 Å². The number of hydrogen-bond donors (Lipinski definition) is 2. The van der Waals surface area contributed by atoms with Gasteiger partial charge in [0.2, 0.25) is 0 Å². The number of nitrogens with zero attached hydrogens (tertiary/aromatic N) is 2. The van der Waals surface area contributed by atoms with Gasteiger partial charge in [0.1, 0.15) is 5.82 Å². The standard InChI is InChI=1S/C14H21N3O3/c1-9(2)6-12-10(4-3-5-20-12)17-13-8-15-11(7-16-13)14(18)19/h7-10,12H,3-6H2,1-2H3,(H,16,17)(H,18,19). The molecule has 1 aromatic rings. The summed E-state index contributed by atoms with van der Waals surface area (Å²) in [6.07, 6.45) is 5.95. The zero-order valence-corrected chi connectivity index (χ0v) is 11.9. The molecule has 0 aromatic carbocycles. The molecule has 6 heteroatoms. The molecule has 6 nitrogen and oxygen atoms in total. The summed E-state index contributed by atoms with van der Waals surface area (Å²) in [6.45, 7) is 5.16. The molecule has 1 fully saturated rings. The van der Waals surface area contributed by atoms with Crippen LogP contribution in [0.2, 0.25) is 0 Å². The molecule has 110 valence electrons. The number of hydrogen-bond acceptors (Lipinski definition) is 5. The van der Waals surface area contributed by atoms with Gasteiger partial charge in [-0.05, 0) is 25.2 Å². The smallest absolute Gasteiger partial charge is 0.356 e. The van der Waals surface area contributed by atoms with Crippen molar-refractivity contribution in [1.82, 2.24) is 9.97 Å². The van der Waals surface area contributed by atoms with E-state index in [0.717, 1.165) is 25.9 Å². The number of anilines is 1. The molecule has 0 aliphatic carbocycles. The Labute approximate surface area is 118 Å². The fraction of sp³-hybridized carbons (Fsp3) is 0.643. The van der Waals surface area contributed by atoms with Gasteiger partial charge in [-0.3, -0.25) is 0 Å². The van der Waals surface area contributed by atoms with Crippen LogP contribution in [0.3, 0.4) is 0 Å². The first-order valence-electron chi connectivity index (χ1n) is 6.99. The van der Waals surface area contributed by atoms with Crippen LogP contribution in [-0.2, 0) is 4.74 Å². The van der Waals surface area contributed by atoms with Crippen LogP contribution in [0, 0.1) is 5.92 Å². The highest BCUT2D eigenvalue weighted by Gasteiger charge is 2.26. The summed E-state index contributed by atoms with van der Waals surface area (Å²) in [4.78, 5) is 18.7. The molecule has 1 saturated heterocycles. The van der Waals surface area contributed by atoms with Crippen LogP contribution in [0.25, 0.3) is 0 Å². The Morgan fingerprint density at radius 3 is 2.90 bits per heavy atom. The van der Waals surface area contributed by atoms with Gasteiger partial charge in [-0.15, -0.1) is 0 Å². The minimum absolute atomic E-state index is 0.0471. The Balaban J connectivity index is 2.00. The average Bonchev–Trinajstić information content (AvgIpc) is 2.41. The lowest BCUT2D eigenvalue weighted by atomic mass is 9.95. The number of carboxylic acids is 1. The lowest BCUT2D eigenvalue weighted by Crippen LogP contribution is -2.40. The number of rotatable bonds is 5. The zero-order valence-electron chi connectivity index (χ0n) is 11.9. The average molecular weight is 279 g/mol. The Bertz CT molecular complexity index is 447. The largest absolute Gasteiger partial charge is 0.476 e. The molecule has 1 aromatic heterocycles. The fourth-order valence-corrected chi connectivity index (χ4v) is 2.41. The van der Waals surface area contributed by atoms with E-state index in [1.165, 1.54) is 12.4 Å². The van der Waals surface area contributed by atoms with Gasteiger partial charge < -0.3 is 15.2 Å². The zero-order chi connectivity index (χ0) is 14.5. The van der Waals surface area contributed by atoms with Crippen LogP contribution < -0.4 is 5.32 Å². The van der Waals surface area contributed by atoms with Gasteiger partial charge in [-0.25, -0.2) is 14.8 Å². The first kappa shape index (κ1) is 14.7. The molecule has 0 radical (unpaired) electrons. The SMILES string of the molecule is CC(C)CC1OCCCC1Nc1cnc(C(=O)O)cn1. The summed E-state index contributed by atoms with van der Waals surface area (Å²) in [7, 11) is 0. The molecule has 0 spiro atoms. The molecule has 2 N–H and O–H groups in total. The van der Waals surface area contributed by atoms with Crippen molar-refractivity contribution < 1.29 is 14.6 Å². The van der Waals surface area contributed by atoms with Crippen molar-refractivity contribution in [1.29, 1.82) is 0 Å². The summed E-state index contributed by atoms with van der Waals surface area (Å²) >= 11 is 0. The maximum Gasteiger partial charge on any atom is 0.356 e. The second-order valence-electron chi connectivity index (χ2n) is 5.52. The summed E-state index contributed by atoms with van der Waals surface area (Å²) in [5.41, 5.74) is -0.0471. The van der Waals surface area contributed by atoms with Crippen LogP contribution in [0.5, 0.6) is 0 Å². The molecule has 1 aliphatic rings. The van der Waals surface area contributed by atoms with Crippen LogP contribution in [0.15, 0.2) is 12.4 Å². The fourth-order valence-electron chi connectivity index (χ4n) is 2.41. The molecule has 2 heterocycles. The Kier molecular flexibility index (Phi) is 4.89. The normalized spacial score (nSPS) is 22.8. The lowest BCUT2D eigenvalue weighted by Gasteiger charge is -2.33. The molecule has 0 amide bonds. The van der Waals surface area contributed by atoms with Gasteiger partial charge in [0.15, 0.2) is 5.69 Å². The summed E-state index contributed by atoms with van der Waals surface area (Å²) in [6, 6.07) is 0.205. The van der Waals surface area contributed by atoms with Gasteiger partial charge in [0.05, 0.1) is 24.5 Å². The molecular formula is C14H21N3O3. The second-order valence-corrected chi connectivity index (χ2v) is 5.52. The number of carbonyl (C=O) groups is 1. The van der Waals surface area contributed by atoms with Crippen molar-refractivity contribution >= 4 is 11.8 Å². The van der Waals surface area contributed by atoms with E-state index in [9.17, 15) is 4.79 Å². The number of aromatic carboxylic acids is 1. The first-order chi connectivity index (χ1) is 9.56. The van der Waals surface area contributed by atoms with E-state index in [1.807, 2.05) is 0 Å². The molecule has 20 heavy (non-hydrogen) atoms. The maximum atomic E-state index is 10.7. The summed E-state index contributed by atoms with van der Waals surface area (Å²) in [5, 5.41) is 12.1. The lowest BCUT2D eigenvalue weighted by molar-refractivity contribution is -0.00470. The Hall–Kier alpha value is -1.69. The van der Waals surface area contributed by atoms with Crippen molar-refractivity contribution in [2.75, 3.05) is 11.9 Å². The third-order valence-corrected chi connectivity index (χ3v) is 3.35. The molecule has 1 aliphatic heterocycles. The first-order valence-corrected chi connectivity index (χ1v) is 6.99. The van der Waals surface area contributed by atoms with Gasteiger partial charge >= 0.3 is 5.97 Å². The Morgan fingerprint density at radius 2 is 2.30 bits per heavy atom. The minimum atomic E-state index is -1.07. The quantitative estimate of drug-likeness (QED) is 0.859. The number of carboxylic acid groups (broad SMARTS) is 1. The molecule has 2 rings (SSSR count). The van der Waals surface area contributed by atoms with E-state index in [0.29, 0.717) is 11.7 Å². The van der Waals surface area contributed by atoms with Crippen LogP contribution >= 0.6 is 0 Å². The third kappa shape index (κ3) is 3.90. The molecular weight excluding hydrogens is 258 g/mol. The predicted octanol–water partition coefficient (Wildman–Crippen LogP) is 2.18. The highest BCUT2D eigenvalue weighted by Crippen LogP contribution is 2.22. The van der Waals surface area contributed by atoms with Crippen LogP contribution in [0.4, 0.5) is 5.82 Å². The molecule has 2 atom stereocenters. The van der Waals surface area contributed by atoms with Gasteiger partial charge in [0.25, 0.3) is 0 Å². The monoisotopic (exact) mass is 279 g/mol. The van der Waals surface area contributed by atoms with E-state index in [2.05, 4.69) is 29.1 Å². The molecule has 0 saturated carbocycles. The van der Waals surface area contributed by atoms with E-state index in [-0.39, 0.29) is 17.8 Å². The minimum Gasteiger partial charge on any atom is -0.476 e. The summed E-state index contributed by atoms with van der Waals surface area (Å²) < 4.78 is 5.83. The van der Waals surface area contributed by atoms with Gasteiger partial charge in [-0.1, -0.05) is 13.8 Å². The second kappa shape index (κ2) is 6.65. The highest BCUT2D eigenvalue weighted by molar-refractivity contribution is 5.84. The van der Waals surface area contributed by atoms with Gasteiger partial charge in [-0.2, -0.15) is 0 Å². The van der Waals surface area contributed by atoms with E-state index < -0.39 is 5.97 Å². The number of aromatic nitrogens is 2. The van der Waals surface area contributed by atoms with E-state index in [4.69, 9.17) is 9.84 Å². The highest BCUT2D eigenvalue weighted by atomic mass is 16.5. The van der Waals surface area contributed by atoms with Crippen LogP contribution in [-0.4, -0.2) is 39.8 Å². The van der Waals surface area contributed by atoms with Gasteiger partial charge in [0, 0.05) is 6.61 Å². The molecule has 0 bridgehead atoms. The number of ether oxygens (including phenoxy) is 1.